The van der Waals surface area contributed by atoms with E-state index in [2.05, 4.69) is 10.1 Å². The average Bonchev–Trinajstić information content (AvgIpc) is 2.49. The summed E-state index contributed by atoms with van der Waals surface area (Å²) in [5, 5.41) is 2.63. The Balaban J connectivity index is 1.95. The van der Waals surface area contributed by atoms with Gasteiger partial charge in [-0.1, -0.05) is 0 Å². The summed E-state index contributed by atoms with van der Waals surface area (Å²) < 4.78 is 22.6. The highest BCUT2D eigenvalue weighted by atomic mass is 19.1. The number of rotatable bonds is 2. The molecule has 1 N–H and O–H groups in total. The topological polar surface area (TPSA) is 67.9 Å². The molecule has 108 valence electrons. The molecule has 0 saturated carbocycles. The van der Waals surface area contributed by atoms with Gasteiger partial charge in [-0.2, -0.15) is 0 Å². The maximum atomic E-state index is 12.8. The van der Waals surface area contributed by atoms with Gasteiger partial charge in [0.05, 0.1) is 20.3 Å². The fraction of sp³-hybridized carbons (Fsp3) is 0.385. The molecule has 2 rings (SSSR count). The minimum atomic E-state index is -0.771. The number of hydrogen-bond donors (Lipinski definition) is 1. The molecule has 1 aromatic carbocycles. The first-order valence-electron chi connectivity index (χ1n) is 6.11. The molecule has 6 nitrogen and oxygen atoms in total. The van der Waals surface area contributed by atoms with Gasteiger partial charge in [-0.05, 0) is 24.3 Å². The molecule has 1 unspecified atom stereocenters. The third-order valence-electron chi connectivity index (χ3n) is 2.91. The molecule has 1 atom stereocenters. The van der Waals surface area contributed by atoms with Crippen LogP contribution in [0, 0.1) is 5.82 Å². The second kappa shape index (κ2) is 6.33. The molecule has 1 saturated heterocycles. The molecule has 0 spiro atoms. The van der Waals surface area contributed by atoms with E-state index in [1.165, 1.54) is 36.3 Å². The number of anilines is 1. The van der Waals surface area contributed by atoms with Crippen molar-refractivity contribution < 1.29 is 23.5 Å². The third kappa shape index (κ3) is 3.45. The second-order valence-electron chi connectivity index (χ2n) is 4.27. The van der Waals surface area contributed by atoms with Crippen molar-refractivity contribution in [3.8, 4) is 0 Å². The van der Waals surface area contributed by atoms with Gasteiger partial charge >= 0.3 is 12.0 Å². The minimum Gasteiger partial charge on any atom is -0.467 e. The van der Waals surface area contributed by atoms with Gasteiger partial charge in [0.25, 0.3) is 0 Å². The van der Waals surface area contributed by atoms with Crippen molar-refractivity contribution in [1.29, 1.82) is 0 Å². The number of amides is 2. The van der Waals surface area contributed by atoms with Gasteiger partial charge in [-0.15, -0.1) is 0 Å². The molecule has 0 radical (unpaired) electrons. The summed E-state index contributed by atoms with van der Waals surface area (Å²) in [7, 11) is 1.27. The van der Waals surface area contributed by atoms with Gasteiger partial charge in [0.1, 0.15) is 5.82 Å². The molecule has 1 aliphatic rings. The number of nitrogens with one attached hydrogen (secondary N) is 1. The molecule has 2 amide bonds. The number of urea groups is 1. The number of ether oxygens (including phenoxy) is 2. The normalized spacial score (nSPS) is 18.5. The summed E-state index contributed by atoms with van der Waals surface area (Å²) in [5.74, 6) is -0.885. The number of carbonyl (C=O) groups excluding carboxylic acids is 2. The molecular formula is C13H15FN2O4. The van der Waals surface area contributed by atoms with Crippen LogP contribution in [0.2, 0.25) is 0 Å². The zero-order valence-electron chi connectivity index (χ0n) is 11.0. The molecule has 1 aliphatic heterocycles. The first-order valence-corrected chi connectivity index (χ1v) is 6.11. The van der Waals surface area contributed by atoms with E-state index in [9.17, 15) is 14.0 Å². The van der Waals surface area contributed by atoms with E-state index in [4.69, 9.17) is 4.74 Å². The van der Waals surface area contributed by atoms with Gasteiger partial charge in [-0.3, -0.25) is 0 Å². The Labute approximate surface area is 115 Å². The van der Waals surface area contributed by atoms with Crippen LogP contribution < -0.4 is 5.32 Å². The predicted octanol–water partition coefficient (Wildman–Crippen LogP) is 1.23. The highest BCUT2D eigenvalue weighted by Crippen LogP contribution is 2.12. The summed E-state index contributed by atoms with van der Waals surface area (Å²) in [6.45, 7) is 0.761. The number of carbonyl (C=O) groups is 2. The van der Waals surface area contributed by atoms with Gasteiger partial charge in [0.15, 0.2) is 6.10 Å². The fourth-order valence-corrected chi connectivity index (χ4v) is 1.84. The van der Waals surface area contributed by atoms with Crippen LogP contribution in [-0.4, -0.2) is 49.8 Å². The van der Waals surface area contributed by atoms with Crippen molar-refractivity contribution in [2.75, 3.05) is 32.1 Å². The summed E-state index contributed by atoms with van der Waals surface area (Å²) >= 11 is 0. The SMILES string of the molecule is COC(=O)C1CN(C(=O)Nc2ccc(F)cc2)CCO1. The number of nitrogens with zero attached hydrogens (tertiary/aromatic N) is 1. The molecule has 7 heteroatoms. The Bertz CT molecular complexity index is 492. The van der Waals surface area contributed by atoms with Crippen molar-refractivity contribution in [2.24, 2.45) is 0 Å². The van der Waals surface area contributed by atoms with Crippen molar-refractivity contribution in [1.82, 2.24) is 4.90 Å². The standard InChI is InChI=1S/C13H15FN2O4/c1-19-12(17)11-8-16(6-7-20-11)13(18)15-10-4-2-9(14)3-5-10/h2-5,11H,6-8H2,1H3,(H,15,18). The minimum absolute atomic E-state index is 0.125. The van der Waals surface area contributed by atoms with Crippen molar-refractivity contribution in [2.45, 2.75) is 6.10 Å². The molecule has 20 heavy (non-hydrogen) atoms. The smallest absolute Gasteiger partial charge is 0.336 e. The zero-order chi connectivity index (χ0) is 14.5. The van der Waals surface area contributed by atoms with Crippen LogP contribution in [0.15, 0.2) is 24.3 Å². The van der Waals surface area contributed by atoms with E-state index in [1.54, 1.807) is 0 Å². The van der Waals surface area contributed by atoms with Crippen LogP contribution >= 0.6 is 0 Å². The molecule has 0 bridgehead atoms. The first kappa shape index (κ1) is 14.3. The van der Waals surface area contributed by atoms with E-state index >= 15 is 0 Å². The maximum Gasteiger partial charge on any atom is 0.336 e. The van der Waals surface area contributed by atoms with Gasteiger partial charge in [-0.25, -0.2) is 14.0 Å². The largest absolute Gasteiger partial charge is 0.467 e. The molecule has 1 heterocycles. The number of esters is 1. The van der Waals surface area contributed by atoms with Crippen LogP contribution in [0.1, 0.15) is 0 Å². The summed E-state index contributed by atoms with van der Waals surface area (Å²) in [6.07, 6.45) is -0.771. The van der Waals surface area contributed by atoms with E-state index in [0.29, 0.717) is 12.2 Å². The van der Waals surface area contributed by atoms with Crippen LogP contribution in [0.5, 0.6) is 0 Å². The number of hydrogen-bond acceptors (Lipinski definition) is 4. The van der Waals surface area contributed by atoms with Crippen LogP contribution in [0.25, 0.3) is 0 Å². The van der Waals surface area contributed by atoms with E-state index in [1.807, 2.05) is 0 Å². The highest BCUT2D eigenvalue weighted by Gasteiger charge is 2.29. The Morgan fingerprint density at radius 2 is 2.10 bits per heavy atom. The third-order valence-corrected chi connectivity index (χ3v) is 2.91. The Morgan fingerprint density at radius 1 is 1.40 bits per heavy atom. The maximum absolute atomic E-state index is 12.8. The lowest BCUT2D eigenvalue weighted by Crippen LogP contribution is -2.50. The van der Waals surface area contributed by atoms with Crippen LogP contribution in [-0.2, 0) is 14.3 Å². The fourth-order valence-electron chi connectivity index (χ4n) is 1.84. The molecular weight excluding hydrogens is 267 g/mol. The first-order chi connectivity index (χ1) is 9.60. The number of methoxy groups -OCH3 is 1. The number of benzene rings is 1. The highest BCUT2D eigenvalue weighted by molar-refractivity contribution is 5.89. The zero-order valence-corrected chi connectivity index (χ0v) is 11.0. The second-order valence-corrected chi connectivity index (χ2v) is 4.27. The lowest BCUT2D eigenvalue weighted by molar-refractivity contribution is -0.158. The number of halogens is 1. The predicted molar refractivity (Wildman–Crippen MR) is 68.7 cm³/mol. The van der Waals surface area contributed by atoms with Crippen molar-refractivity contribution in [3.05, 3.63) is 30.1 Å². The lowest BCUT2D eigenvalue weighted by Gasteiger charge is -2.31. The Hall–Kier alpha value is -2.15. The van der Waals surface area contributed by atoms with Gasteiger partial charge in [0, 0.05) is 12.2 Å². The quantitative estimate of drug-likeness (QED) is 0.828. The molecule has 0 aromatic heterocycles. The molecule has 1 aromatic rings. The number of morpholine rings is 1. The van der Waals surface area contributed by atoms with Crippen LogP contribution in [0.3, 0.4) is 0 Å². The monoisotopic (exact) mass is 282 g/mol. The van der Waals surface area contributed by atoms with Crippen molar-refractivity contribution >= 4 is 17.7 Å². The van der Waals surface area contributed by atoms with Gasteiger partial charge < -0.3 is 19.7 Å². The summed E-state index contributed by atoms with van der Waals surface area (Å²) in [4.78, 5) is 24.9. The molecule has 0 aliphatic carbocycles. The van der Waals surface area contributed by atoms with E-state index < -0.39 is 12.1 Å². The Morgan fingerprint density at radius 3 is 2.75 bits per heavy atom. The Kier molecular flexibility index (Phi) is 4.52. The summed E-state index contributed by atoms with van der Waals surface area (Å²) in [6, 6.07) is 5.07. The van der Waals surface area contributed by atoms with Crippen molar-refractivity contribution in [3.63, 3.8) is 0 Å². The average molecular weight is 282 g/mol. The molecule has 1 fully saturated rings. The van der Waals surface area contributed by atoms with E-state index in [-0.39, 0.29) is 25.0 Å². The van der Waals surface area contributed by atoms with Gasteiger partial charge in [0.2, 0.25) is 0 Å². The van der Waals surface area contributed by atoms with Crippen LogP contribution in [0.4, 0.5) is 14.9 Å². The lowest BCUT2D eigenvalue weighted by atomic mass is 10.3. The summed E-state index contributed by atoms with van der Waals surface area (Å²) in [5.41, 5.74) is 0.484. The van der Waals surface area contributed by atoms with E-state index in [0.717, 1.165) is 0 Å².